The van der Waals surface area contributed by atoms with E-state index in [0.29, 0.717) is 0 Å². The lowest BCUT2D eigenvalue weighted by Gasteiger charge is -2.32. The fourth-order valence-electron chi connectivity index (χ4n) is 2.59. The first-order valence-corrected chi connectivity index (χ1v) is 7.01. The fraction of sp³-hybridized carbons (Fsp3) is 0.533. The van der Waals surface area contributed by atoms with E-state index in [9.17, 15) is 4.79 Å². The third-order valence-electron chi connectivity index (χ3n) is 4.02. The van der Waals surface area contributed by atoms with Crippen LogP contribution in [0, 0.1) is 5.92 Å². The summed E-state index contributed by atoms with van der Waals surface area (Å²) in [6, 6.07) is 8.56. The zero-order valence-corrected chi connectivity index (χ0v) is 11.5. The molecule has 1 aliphatic rings. The van der Waals surface area contributed by atoms with Crippen LogP contribution in [0.3, 0.4) is 0 Å². The highest BCUT2D eigenvalue weighted by molar-refractivity contribution is 5.77. The third-order valence-corrected chi connectivity index (χ3v) is 4.02. The number of primary amides is 1. The minimum absolute atomic E-state index is 0.0454. The van der Waals surface area contributed by atoms with Crippen molar-refractivity contribution in [1.29, 1.82) is 0 Å². The number of nitrogens with zero attached hydrogens (tertiary/aromatic N) is 1. The zero-order valence-electron chi connectivity index (χ0n) is 11.5. The molecule has 1 atom stereocenters. The molecule has 4 N–H and O–H groups in total. The second-order valence-corrected chi connectivity index (χ2v) is 5.27. The van der Waals surface area contributed by atoms with Crippen molar-refractivity contribution in [2.24, 2.45) is 17.4 Å². The standard InChI is InChI=1S/C15H23N3O/c1-2-14(16)11-3-5-13(6-4-11)18-9-7-12(8-10-18)15(17)19/h3-6,12,14H,2,7-10,16H2,1H3,(H2,17,19)/t14-/m0/s1. The summed E-state index contributed by atoms with van der Waals surface area (Å²) in [6.07, 6.45) is 2.65. The summed E-state index contributed by atoms with van der Waals surface area (Å²) in [4.78, 5) is 13.4. The Bertz CT molecular complexity index is 422. The van der Waals surface area contributed by atoms with Gasteiger partial charge < -0.3 is 16.4 Å². The summed E-state index contributed by atoms with van der Waals surface area (Å²) in [5, 5.41) is 0. The normalized spacial score (nSPS) is 18.3. The Hall–Kier alpha value is -1.55. The quantitative estimate of drug-likeness (QED) is 0.868. The predicted molar refractivity (Wildman–Crippen MR) is 77.8 cm³/mol. The molecular weight excluding hydrogens is 238 g/mol. The third kappa shape index (κ3) is 3.26. The van der Waals surface area contributed by atoms with Crippen LogP contribution in [0.15, 0.2) is 24.3 Å². The van der Waals surface area contributed by atoms with Crippen molar-refractivity contribution in [3.05, 3.63) is 29.8 Å². The van der Waals surface area contributed by atoms with E-state index in [1.807, 2.05) is 0 Å². The van der Waals surface area contributed by atoms with Gasteiger partial charge in [0.1, 0.15) is 0 Å². The monoisotopic (exact) mass is 261 g/mol. The molecule has 0 unspecified atom stereocenters. The van der Waals surface area contributed by atoms with Gasteiger partial charge in [-0.05, 0) is 37.0 Å². The minimum Gasteiger partial charge on any atom is -0.371 e. The number of nitrogens with two attached hydrogens (primary N) is 2. The van der Waals surface area contributed by atoms with Crippen LogP contribution in [-0.4, -0.2) is 19.0 Å². The van der Waals surface area contributed by atoms with Gasteiger partial charge in [-0.15, -0.1) is 0 Å². The lowest BCUT2D eigenvalue weighted by Crippen LogP contribution is -2.38. The van der Waals surface area contributed by atoms with Gasteiger partial charge in [0.25, 0.3) is 0 Å². The van der Waals surface area contributed by atoms with Gasteiger partial charge in [-0.25, -0.2) is 0 Å². The second kappa shape index (κ2) is 6.06. The zero-order chi connectivity index (χ0) is 13.8. The van der Waals surface area contributed by atoms with Crippen LogP contribution in [0.25, 0.3) is 0 Å². The van der Waals surface area contributed by atoms with Gasteiger partial charge in [0.05, 0.1) is 0 Å². The Morgan fingerprint density at radius 3 is 2.37 bits per heavy atom. The van der Waals surface area contributed by atoms with Crippen LogP contribution in [-0.2, 0) is 4.79 Å². The van der Waals surface area contributed by atoms with Gasteiger partial charge in [-0.1, -0.05) is 19.1 Å². The van der Waals surface area contributed by atoms with Gasteiger partial charge in [-0.2, -0.15) is 0 Å². The highest BCUT2D eigenvalue weighted by Crippen LogP contribution is 2.24. The van der Waals surface area contributed by atoms with Crippen molar-refractivity contribution in [3.63, 3.8) is 0 Å². The molecule has 104 valence electrons. The molecule has 1 saturated heterocycles. The number of hydrogen-bond acceptors (Lipinski definition) is 3. The van der Waals surface area contributed by atoms with E-state index >= 15 is 0 Å². The molecule has 2 rings (SSSR count). The summed E-state index contributed by atoms with van der Waals surface area (Å²) >= 11 is 0. The number of carbonyl (C=O) groups is 1. The first kappa shape index (κ1) is 13.9. The molecule has 0 spiro atoms. The SMILES string of the molecule is CC[C@H](N)c1ccc(N2CCC(C(N)=O)CC2)cc1. The molecule has 0 bridgehead atoms. The van der Waals surface area contributed by atoms with Crippen molar-refractivity contribution < 1.29 is 4.79 Å². The van der Waals surface area contributed by atoms with Crippen LogP contribution in [0.1, 0.15) is 37.8 Å². The van der Waals surface area contributed by atoms with Crippen LogP contribution >= 0.6 is 0 Å². The molecule has 4 heteroatoms. The van der Waals surface area contributed by atoms with E-state index in [1.54, 1.807) is 0 Å². The number of piperidine rings is 1. The predicted octanol–water partition coefficient (Wildman–Crippen LogP) is 1.80. The minimum atomic E-state index is -0.163. The van der Waals surface area contributed by atoms with Crippen molar-refractivity contribution in [1.82, 2.24) is 0 Å². The number of carbonyl (C=O) groups excluding carboxylic acids is 1. The molecule has 19 heavy (non-hydrogen) atoms. The number of hydrogen-bond donors (Lipinski definition) is 2. The van der Waals surface area contributed by atoms with Crippen molar-refractivity contribution >= 4 is 11.6 Å². The van der Waals surface area contributed by atoms with Gasteiger partial charge >= 0.3 is 0 Å². The van der Waals surface area contributed by atoms with Crippen LogP contribution < -0.4 is 16.4 Å². The average Bonchev–Trinajstić information content (AvgIpc) is 2.46. The van der Waals surface area contributed by atoms with Gasteiger partial charge in [-0.3, -0.25) is 4.79 Å². The molecule has 1 heterocycles. The first-order chi connectivity index (χ1) is 9.11. The van der Waals surface area contributed by atoms with E-state index in [1.165, 1.54) is 11.3 Å². The van der Waals surface area contributed by atoms with Crippen molar-refractivity contribution in [2.75, 3.05) is 18.0 Å². The van der Waals surface area contributed by atoms with E-state index in [0.717, 1.165) is 32.4 Å². The second-order valence-electron chi connectivity index (χ2n) is 5.27. The summed E-state index contributed by atoms with van der Waals surface area (Å²) < 4.78 is 0. The largest absolute Gasteiger partial charge is 0.371 e. The van der Waals surface area contributed by atoms with Crippen LogP contribution in [0.5, 0.6) is 0 Å². The molecule has 0 radical (unpaired) electrons. The van der Waals surface area contributed by atoms with Crippen molar-refractivity contribution in [3.8, 4) is 0 Å². The molecule has 1 amide bonds. The van der Waals surface area contributed by atoms with Gasteiger partial charge in [0.15, 0.2) is 0 Å². The van der Waals surface area contributed by atoms with Crippen LogP contribution in [0.2, 0.25) is 0 Å². The van der Waals surface area contributed by atoms with E-state index in [4.69, 9.17) is 11.5 Å². The molecule has 0 aromatic heterocycles. The Morgan fingerprint density at radius 1 is 1.32 bits per heavy atom. The number of amides is 1. The maximum absolute atomic E-state index is 11.1. The number of rotatable bonds is 4. The Labute approximate surface area is 114 Å². The summed E-state index contributed by atoms with van der Waals surface area (Å²) in [7, 11) is 0. The highest BCUT2D eigenvalue weighted by Gasteiger charge is 2.23. The summed E-state index contributed by atoms with van der Waals surface area (Å²) in [5.41, 5.74) is 13.7. The molecular formula is C15H23N3O. The molecule has 1 fully saturated rings. The molecule has 4 nitrogen and oxygen atoms in total. The highest BCUT2D eigenvalue weighted by atomic mass is 16.1. The fourth-order valence-corrected chi connectivity index (χ4v) is 2.59. The van der Waals surface area contributed by atoms with E-state index < -0.39 is 0 Å². The topological polar surface area (TPSA) is 72.3 Å². The summed E-state index contributed by atoms with van der Waals surface area (Å²) in [5.74, 6) is -0.118. The lowest BCUT2D eigenvalue weighted by atomic mass is 9.95. The Morgan fingerprint density at radius 2 is 1.89 bits per heavy atom. The smallest absolute Gasteiger partial charge is 0.220 e. The Balaban J connectivity index is 1.98. The maximum Gasteiger partial charge on any atom is 0.220 e. The van der Waals surface area contributed by atoms with E-state index in [2.05, 4.69) is 36.1 Å². The summed E-state index contributed by atoms with van der Waals surface area (Å²) in [6.45, 7) is 3.88. The maximum atomic E-state index is 11.1. The average molecular weight is 261 g/mol. The molecule has 1 aliphatic heterocycles. The number of benzene rings is 1. The van der Waals surface area contributed by atoms with Crippen molar-refractivity contribution in [2.45, 2.75) is 32.2 Å². The molecule has 1 aromatic rings. The Kier molecular flexibility index (Phi) is 4.43. The van der Waals surface area contributed by atoms with Gasteiger partial charge in [0, 0.05) is 30.7 Å². The first-order valence-electron chi connectivity index (χ1n) is 7.01. The van der Waals surface area contributed by atoms with Gasteiger partial charge in [0.2, 0.25) is 5.91 Å². The lowest BCUT2D eigenvalue weighted by molar-refractivity contribution is -0.122. The molecule has 0 aliphatic carbocycles. The van der Waals surface area contributed by atoms with Crippen LogP contribution in [0.4, 0.5) is 5.69 Å². The van der Waals surface area contributed by atoms with E-state index in [-0.39, 0.29) is 17.9 Å². The number of anilines is 1. The molecule has 1 aromatic carbocycles. The molecule has 0 saturated carbocycles.